The molecule has 2 atom stereocenters. The summed E-state index contributed by atoms with van der Waals surface area (Å²) in [6, 6.07) is 0. The van der Waals surface area contributed by atoms with Crippen LogP contribution in [0.3, 0.4) is 0 Å². The molecule has 0 aliphatic rings. The summed E-state index contributed by atoms with van der Waals surface area (Å²) in [4.78, 5) is 23.3. The maximum atomic E-state index is 11.9. The van der Waals surface area contributed by atoms with Crippen molar-refractivity contribution < 1.29 is 37.3 Å². The number of nitrogens with zero attached hydrogens (tertiary/aromatic N) is 1. The number of allylic oxidation sites excluding steroid dienone is 4. The monoisotopic (exact) mass is 547 g/mol. The van der Waals surface area contributed by atoms with Crippen LogP contribution in [0, 0.1) is 0 Å². The van der Waals surface area contributed by atoms with E-state index in [1.807, 2.05) is 21.1 Å². The summed E-state index contributed by atoms with van der Waals surface area (Å²) in [5.41, 5.74) is 0. The maximum absolute atomic E-state index is 11.9. The first kappa shape index (κ1) is 36.0. The second-order valence-electron chi connectivity index (χ2n) is 10.5. The standard InChI is InChI=1S/C28H54NO7P/c1-6-7-8-9-10-11-12-13-14-15-16-17-18-19-20-21-23-33-25-28(36-27(2)30)26-35-37(31,32)34-24-22-29(3,4)5/h10-11,13-14,28H,6-9,12,15-26H2,1-5H3/b11-10+,14-13+. The smallest absolute Gasteiger partial charge is 0.303 e. The third-order valence-electron chi connectivity index (χ3n) is 5.56. The molecule has 0 spiro atoms. The number of carbonyl (C=O) groups is 1. The molecule has 0 heterocycles. The number of phosphoric ester groups is 1. The summed E-state index contributed by atoms with van der Waals surface area (Å²) >= 11 is 0. The van der Waals surface area contributed by atoms with Gasteiger partial charge in [0, 0.05) is 13.5 Å². The molecule has 0 fully saturated rings. The molecular weight excluding hydrogens is 493 g/mol. The largest absolute Gasteiger partial charge is 0.756 e. The van der Waals surface area contributed by atoms with E-state index >= 15 is 0 Å². The molecule has 0 bridgehead atoms. The number of likely N-dealkylation sites (N-methyl/N-ethyl adjacent to an activating group) is 1. The van der Waals surface area contributed by atoms with Crippen LogP contribution in [0.5, 0.6) is 0 Å². The van der Waals surface area contributed by atoms with E-state index in [0.29, 0.717) is 17.6 Å². The van der Waals surface area contributed by atoms with Gasteiger partial charge in [0.2, 0.25) is 0 Å². The molecule has 0 aliphatic carbocycles. The average molecular weight is 548 g/mol. The average Bonchev–Trinajstić information content (AvgIpc) is 2.80. The number of carbonyl (C=O) groups excluding carboxylic acids is 1. The highest BCUT2D eigenvalue weighted by Crippen LogP contribution is 2.38. The first-order valence-electron chi connectivity index (χ1n) is 14.0. The van der Waals surface area contributed by atoms with Crippen molar-refractivity contribution in [1.29, 1.82) is 0 Å². The van der Waals surface area contributed by atoms with Gasteiger partial charge in [0.05, 0.1) is 34.4 Å². The lowest BCUT2D eigenvalue weighted by Crippen LogP contribution is -2.37. The first-order chi connectivity index (χ1) is 17.6. The van der Waals surface area contributed by atoms with Crippen LogP contribution in [0.1, 0.15) is 90.9 Å². The highest BCUT2D eigenvalue weighted by molar-refractivity contribution is 7.45. The molecule has 0 radical (unpaired) electrons. The van der Waals surface area contributed by atoms with Crippen LogP contribution in [0.2, 0.25) is 0 Å². The Kier molecular flexibility index (Phi) is 22.3. The van der Waals surface area contributed by atoms with Gasteiger partial charge in [-0.05, 0) is 38.5 Å². The Morgan fingerprint density at radius 1 is 0.838 bits per heavy atom. The number of hydrogen-bond donors (Lipinski definition) is 0. The molecule has 0 amide bonds. The Labute approximate surface area is 226 Å². The zero-order valence-corrected chi connectivity index (χ0v) is 25.1. The fraction of sp³-hybridized carbons (Fsp3) is 0.821. The third kappa shape index (κ3) is 27.8. The number of quaternary nitrogens is 1. The Hall–Kier alpha value is -1.02. The van der Waals surface area contributed by atoms with E-state index in [1.165, 1.54) is 51.9 Å². The van der Waals surface area contributed by atoms with E-state index < -0.39 is 19.9 Å². The Bertz CT molecular complexity index is 661. The van der Waals surface area contributed by atoms with Crippen LogP contribution in [0.4, 0.5) is 0 Å². The van der Waals surface area contributed by atoms with Crippen LogP contribution in [-0.2, 0) is 27.9 Å². The number of rotatable bonds is 25. The van der Waals surface area contributed by atoms with Crippen LogP contribution in [0.25, 0.3) is 0 Å². The van der Waals surface area contributed by atoms with E-state index in [1.54, 1.807) is 0 Å². The number of phosphoric acid groups is 1. The lowest BCUT2D eigenvalue weighted by atomic mass is 10.1. The molecule has 0 aliphatic heterocycles. The minimum absolute atomic E-state index is 0.0204. The minimum atomic E-state index is -4.47. The summed E-state index contributed by atoms with van der Waals surface area (Å²) in [5, 5.41) is 0. The number of unbranched alkanes of at least 4 members (excludes halogenated alkanes) is 9. The highest BCUT2D eigenvalue weighted by atomic mass is 31.2. The van der Waals surface area contributed by atoms with E-state index in [-0.39, 0.29) is 19.8 Å². The second-order valence-corrected chi connectivity index (χ2v) is 11.9. The zero-order chi connectivity index (χ0) is 27.8. The van der Waals surface area contributed by atoms with Crippen molar-refractivity contribution in [3.8, 4) is 0 Å². The molecule has 8 nitrogen and oxygen atoms in total. The van der Waals surface area contributed by atoms with Crippen molar-refractivity contribution in [2.75, 3.05) is 54.1 Å². The summed E-state index contributed by atoms with van der Waals surface area (Å²) < 4.78 is 33.0. The molecule has 0 N–H and O–H groups in total. The van der Waals surface area contributed by atoms with Gasteiger partial charge in [0.15, 0.2) is 0 Å². The van der Waals surface area contributed by atoms with Gasteiger partial charge in [-0.1, -0.05) is 69.8 Å². The predicted molar refractivity (Wildman–Crippen MR) is 148 cm³/mol. The SMILES string of the molecule is CCCCC/C=C/C/C=C/CCCCCCCCOCC(COP(=O)([O-])OCC[N+](C)(C)C)OC(C)=O. The van der Waals surface area contributed by atoms with Gasteiger partial charge in [-0.15, -0.1) is 0 Å². The van der Waals surface area contributed by atoms with Crippen molar-refractivity contribution in [2.45, 2.75) is 97.0 Å². The van der Waals surface area contributed by atoms with Crippen molar-refractivity contribution in [1.82, 2.24) is 0 Å². The van der Waals surface area contributed by atoms with Crippen molar-refractivity contribution >= 4 is 13.8 Å². The van der Waals surface area contributed by atoms with Gasteiger partial charge >= 0.3 is 5.97 Å². The Balaban J connectivity index is 3.82. The fourth-order valence-electron chi connectivity index (χ4n) is 3.40. The summed E-state index contributed by atoms with van der Waals surface area (Å²) in [7, 11) is 1.33. The van der Waals surface area contributed by atoms with Crippen LogP contribution < -0.4 is 4.89 Å². The van der Waals surface area contributed by atoms with Crippen LogP contribution in [0.15, 0.2) is 24.3 Å². The van der Waals surface area contributed by atoms with Gasteiger partial charge in [-0.2, -0.15) is 0 Å². The molecule has 0 aromatic carbocycles. The molecular formula is C28H54NO7P. The molecule has 218 valence electrons. The molecule has 0 saturated heterocycles. The van der Waals surface area contributed by atoms with Crippen LogP contribution in [-0.4, -0.2) is 70.7 Å². The number of hydrogen-bond acceptors (Lipinski definition) is 7. The van der Waals surface area contributed by atoms with Gasteiger partial charge in [-0.25, -0.2) is 0 Å². The molecule has 0 saturated carbocycles. The molecule has 9 heteroatoms. The van der Waals surface area contributed by atoms with E-state index in [0.717, 1.165) is 32.1 Å². The predicted octanol–water partition coefficient (Wildman–Crippen LogP) is 5.96. The lowest BCUT2D eigenvalue weighted by molar-refractivity contribution is -0.870. The normalized spacial score (nSPS) is 14.9. The van der Waals surface area contributed by atoms with E-state index in [9.17, 15) is 14.3 Å². The molecule has 0 rings (SSSR count). The first-order valence-corrected chi connectivity index (χ1v) is 15.5. The quantitative estimate of drug-likeness (QED) is 0.0458. The Morgan fingerprint density at radius 2 is 1.43 bits per heavy atom. The summed E-state index contributed by atoms with van der Waals surface area (Å²) in [6.07, 6.45) is 22.4. The van der Waals surface area contributed by atoms with Crippen molar-refractivity contribution in [3.63, 3.8) is 0 Å². The van der Waals surface area contributed by atoms with E-state index in [4.69, 9.17) is 18.5 Å². The van der Waals surface area contributed by atoms with Crippen molar-refractivity contribution in [2.24, 2.45) is 0 Å². The van der Waals surface area contributed by atoms with Gasteiger partial charge in [0.1, 0.15) is 19.3 Å². The van der Waals surface area contributed by atoms with Gasteiger partial charge < -0.3 is 27.9 Å². The van der Waals surface area contributed by atoms with Crippen LogP contribution >= 0.6 is 7.82 Å². The number of esters is 1. The molecule has 37 heavy (non-hydrogen) atoms. The summed E-state index contributed by atoms with van der Waals surface area (Å²) in [5.74, 6) is -0.516. The van der Waals surface area contributed by atoms with E-state index in [2.05, 4.69) is 31.2 Å². The number of ether oxygens (including phenoxy) is 2. The molecule has 0 aromatic heterocycles. The third-order valence-corrected chi connectivity index (χ3v) is 6.52. The van der Waals surface area contributed by atoms with Crippen molar-refractivity contribution in [3.05, 3.63) is 24.3 Å². The summed E-state index contributed by atoms with van der Waals surface area (Å²) in [6.45, 7) is 4.32. The van der Waals surface area contributed by atoms with Gasteiger partial charge in [-0.3, -0.25) is 9.36 Å². The molecule has 0 aromatic rings. The van der Waals surface area contributed by atoms with Gasteiger partial charge in [0.25, 0.3) is 7.82 Å². The maximum Gasteiger partial charge on any atom is 0.303 e. The highest BCUT2D eigenvalue weighted by Gasteiger charge is 2.19. The molecule has 2 unspecified atom stereocenters. The second kappa shape index (κ2) is 22.9. The fourth-order valence-corrected chi connectivity index (χ4v) is 4.12. The zero-order valence-electron chi connectivity index (χ0n) is 24.2. The Morgan fingerprint density at radius 3 is 2.03 bits per heavy atom. The minimum Gasteiger partial charge on any atom is -0.756 e. The lowest BCUT2D eigenvalue weighted by Gasteiger charge is -2.28. The topological polar surface area (TPSA) is 94.1 Å².